The lowest BCUT2D eigenvalue weighted by molar-refractivity contribution is 0.341. The molecule has 0 atom stereocenters. The smallest absolute Gasteiger partial charge is 0.142 e. The zero-order valence-electron chi connectivity index (χ0n) is 12.1. The first kappa shape index (κ1) is 14.0. The molecule has 0 saturated heterocycles. The van der Waals surface area contributed by atoms with Crippen LogP contribution in [0.3, 0.4) is 0 Å². The summed E-state index contributed by atoms with van der Waals surface area (Å²) in [5.74, 6) is 0.865. The first-order valence-electron chi connectivity index (χ1n) is 6.66. The highest BCUT2D eigenvalue weighted by Crippen LogP contribution is 2.26. The van der Waals surface area contributed by atoms with Gasteiger partial charge in [0, 0.05) is 19.8 Å². The van der Waals surface area contributed by atoms with E-state index in [1.165, 1.54) is 5.56 Å². The van der Waals surface area contributed by atoms with Crippen LogP contribution in [0.4, 0.5) is 5.69 Å². The van der Waals surface area contributed by atoms with Crippen LogP contribution in [0.5, 0.6) is 5.75 Å². The predicted octanol–water partition coefficient (Wildman–Crippen LogP) is 3.22. The summed E-state index contributed by atoms with van der Waals surface area (Å²) in [5, 5.41) is 12.3. The van der Waals surface area contributed by atoms with Crippen LogP contribution >= 0.6 is 0 Å². The lowest BCUT2D eigenvalue weighted by atomic mass is 10.2. The number of aromatic nitrogens is 1. The fourth-order valence-electron chi connectivity index (χ4n) is 2.09. The molecule has 2 rings (SSSR count). The Morgan fingerprint density at radius 3 is 2.80 bits per heavy atom. The van der Waals surface area contributed by atoms with Crippen LogP contribution in [-0.2, 0) is 13.6 Å². The van der Waals surface area contributed by atoms with E-state index in [0.717, 1.165) is 17.0 Å². The number of nitriles is 1. The van der Waals surface area contributed by atoms with E-state index >= 15 is 0 Å². The zero-order chi connectivity index (χ0) is 14.5. The van der Waals surface area contributed by atoms with Crippen LogP contribution in [-0.4, -0.2) is 11.2 Å². The fraction of sp³-hybridized carbons (Fsp3) is 0.312. The molecule has 1 N–H and O–H groups in total. The van der Waals surface area contributed by atoms with Gasteiger partial charge in [-0.3, -0.25) is 0 Å². The van der Waals surface area contributed by atoms with Crippen LogP contribution in [0.25, 0.3) is 0 Å². The SMILES string of the molecule is CCOc1cc(C)ccc1NCc1cc(C#N)n(C)c1. The van der Waals surface area contributed by atoms with E-state index in [-0.39, 0.29) is 0 Å². The molecular weight excluding hydrogens is 250 g/mol. The summed E-state index contributed by atoms with van der Waals surface area (Å²) >= 11 is 0. The Hall–Kier alpha value is -2.41. The van der Waals surface area contributed by atoms with Gasteiger partial charge in [0.15, 0.2) is 0 Å². The number of benzene rings is 1. The van der Waals surface area contributed by atoms with Crippen molar-refractivity contribution in [2.75, 3.05) is 11.9 Å². The highest BCUT2D eigenvalue weighted by atomic mass is 16.5. The van der Waals surface area contributed by atoms with Crippen molar-refractivity contribution in [1.29, 1.82) is 5.26 Å². The molecule has 1 heterocycles. The standard InChI is InChI=1S/C16H19N3O/c1-4-20-16-7-12(2)5-6-15(16)18-10-13-8-14(9-17)19(3)11-13/h5-8,11,18H,4,10H2,1-3H3. The van der Waals surface area contributed by atoms with E-state index < -0.39 is 0 Å². The summed E-state index contributed by atoms with van der Waals surface area (Å²) in [6.07, 6.45) is 1.96. The van der Waals surface area contributed by atoms with Crippen molar-refractivity contribution in [2.24, 2.45) is 7.05 Å². The van der Waals surface area contributed by atoms with Gasteiger partial charge in [-0.1, -0.05) is 6.07 Å². The molecule has 20 heavy (non-hydrogen) atoms. The van der Waals surface area contributed by atoms with Crippen LogP contribution < -0.4 is 10.1 Å². The lowest BCUT2D eigenvalue weighted by Crippen LogP contribution is -2.02. The summed E-state index contributed by atoms with van der Waals surface area (Å²) < 4.78 is 7.47. The number of anilines is 1. The molecule has 4 nitrogen and oxygen atoms in total. The third-order valence-corrected chi connectivity index (χ3v) is 3.10. The Balaban J connectivity index is 2.12. The van der Waals surface area contributed by atoms with Gasteiger partial charge in [-0.05, 0) is 43.2 Å². The van der Waals surface area contributed by atoms with Crippen molar-refractivity contribution in [3.63, 3.8) is 0 Å². The number of aryl methyl sites for hydroxylation is 2. The molecule has 4 heteroatoms. The molecule has 1 aromatic carbocycles. The van der Waals surface area contributed by atoms with Crippen molar-refractivity contribution in [1.82, 2.24) is 4.57 Å². The summed E-state index contributed by atoms with van der Waals surface area (Å²) in [6, 6.07) is 10.2. The van der Waals surface area contributed by atoms with Gasteiger partial charge in [0.25, 0.3) is 0 Å². The van der Waals surface area contributed by atoms with Crippen molar-refractivity contribution >= 4 is 5.69 Å². The molecule has 0 aliphatic rings. The summed E-state index contributed by atoms with van der Waals surface area (Å²) in [6.45, 7) is 5.33. The fourth-order valence-corrected chi connectivity index (χ4v) is 2.09. The Labute approximate surface area is 119 Å². The van der Waals surface area contributed by atoms with Crippen LogP contribution in [0, 0.1) is 18.3 Å². The van der Waals surface area contributed by atoms with Crippen molar-refractivity contribution in [3.05, 3.63) is 47.3 Å². The number of hydrogen-bond donors (Lipinski definition) is 1. The maximum atomic E-state index is 8.95. The van der Waals surface area contributed by atoms with Crippen molar-refractivity contribution < 1.29 is 4.74 Å². The Kier molecular flexibility index (Phi) is 4.31. The van der Waals surface area contributed by atoms with Crippen molar-refractivity contribution in [2.45, 2.75) is 20.4 Å². The molecule has 0 spiro atoms. The average Bonchev–Trinajstić information content (AvgIpc) is 2.78. The van der Waals surface area contributed by atoms with Crippen LogP contribution in [0.15, 0.2) is 30.5 Å². The van der Waals surface area contributed by atoms with Gasteiger partial charge >= 0.3 is 0 Å². The number of ether oxygens (including phenoxy) is 1. The number of nitrogens with one attached hydrogen (secondary N) is 1. The molecule has 0 unspecified atom stereocenters. The second kappa shape index (κ2) is 6.16. The number of nitrogens with zero attached hydrogens (tertiary/aromatic N) is 2. The third kappa shape index (κ3) is 3.12. The monoisotopic (exact) mass is 269 g/mol. The minimum Gasteiger partial charge on any atom is -0.492 e. The topological polar surface area (TPSA) is 50.0 Å². The largest absolute Gasteiger partial charge is 0.492 e. The molecule has 2 aromatic rings. The lowest BCUT2D eigenvalue weighted by Gasteiger charge is -2.12. The van der Waals surface area contributed by atoms with E-state index in [9.17, 15) is 0 Å². The van der Waals surface area contributed by atoms with Gasteiger partial charge < -0.3 is 14.6 Å². The quantitative estimate of drug-likeness (QED) is 0.906. The Morgan fingerprint density at radius 2 is 2.15 bits per heavy atom. The molecule has 0 fully saturated rings. The predicted molar refractivity (Wildman–Crippen MR) is 79.8 cm³/mol. The molecule has 0 radical (unpaired) electrons. The maximum absolute atomic E-state index is 8.95. The van der Waals surface area contributed by atoms with E-state index in [4.69, 9.17) is 10.00 Å². The molecule has 0 amide bonds. The van der Waals surface area contributed by atoms with Crippen LogP contribution in [0.2, 0.25) is 0 Å². The highest BCUT2D eigenvalue weighted by Gasteiger charge is 2.06. The molecule has 0 bridgehead atoms. The van der Waals surface area contributed by atoms with E-state index in [1.54, 1.807) is 0 Å². The van der Waals surface area contributed by atoms with Gasteiger partial charge in [-0.25, -0.2) is 0 Å². The van der Waals surface area contributed by atoms with Crippen LogP contribution in [0.1, 0.15) is 23.7 Å². The van der Waals surface area contributed by atoms with Gasteiger partial charge in [-0.15, -0.1) is 0 Å². The van der Waals surface area contributed by atoms with E-state index in [2.05, 4.69) is 17.5 Å². The number of rotatable bonds is 5. The maximum Gasteiger partial charge on any atom is 0.142 e. The Morgan fingerprint density at radius 1 is 1.35 bits per heavy atom. The van der Waals surface area contributed by atoms with Gasteiger partial charge in [0.2, 0.25) is 0 Å². The minimum atomic E-state index is 0.641. The summed E-state index contributed by atoms with van der Waals surface area (Å²) in [7, 11) is 1.87. The van der Waals surface area contributed by atoms with Gasteiger partial charge in [0.05, 0.1) is 12.3 Å². The molecule has 104 valence electrons. The first-order valence-corrected chi connectivity index (χ1v) is 6.66. The molecule has 0 aliphatic carbocycles. The second-order valence-electron chi connectivity index (χ2n) is 4.74. The normalized spacial score (nSPS) is 10.1. The molecule has 0 aliphatic heterocycles. The first-order chi connectivity index (χ1) is 9.63. The Bertz CT molecular complexity index is 638. The molecule has 1 aromatic heterocycles. The third-order valence-electron chi connectivity index (χ3n) is 3.10. The minimum absolute atomic E-state index is 0.641. The number of hydrogen-bond acceptors (Lipinski definition) is 3. The second-order valence-corrected chi connectivity index (χ2v) is 4.74. The van der Waals surface area contributed by atoms with Crippen molar-refractivity contribution in [3.8, 4) is 11.8 Å². The zero-order valence-corrected chi connectivity index (χ0v) is 12.1. The van der Waals surface area contributed by atoms with E-state index in [1.807, 2.05) is 49.9 Å². The van der Waals surface area contributed by atoms with Gasteiger partial charge in [-0.2, -0.15) is 5.26 Å². The molecular formula is C16H19N3O. The summed E-state index contributed by atoms with van der Waals surface area (Å²) in [4.78, 5) is 0. The molecule has 0 saturated carbocycles. The van der Waals surface area contributed by atoms with Gasteiger partial charge in [0.1, 0.15) is 17.5 Å². The average molecular weight is 269 g/mol. The summed E-state index contributed by atoms with van der Waals surface area (Å²) in [5.41, 5.74) is 3.88. The highest BCUT2D eigenvalue weighted by molar-refractivity contribution is 5.58. The van der Waals surface area contributed by atoms with E-state index in [0.29, 0.717) is 18.8 Å².